The quantitative estimate of drug-likeness (QED) is 0.649. The highest BCUT2D eigenvalue weighted by Gasteiger charge is 2.10. The molecule has 0 spiro atoms. The Hall–Kier alpha value is -2.86. The molecule has 0 saturated carbocycles. The molecule has 1 saturated heterocycles. The van der Waals surface area contributed by atoms with Crippen LogP contribution in [0.5, 0.6) is 0 Å². The Kier molecular flexibility index (Phi) is 5.34. The first-order chi connectivity index (χ1) is 13.3. The summed E-state index contributed by atoms with van der Waals surface area (Å²) < 4.78 is 0. The maximum Gasteiger partial charge on any atom is 0.249 e. The fourth-order valence-electron chi connectivity index (χ4n) is 3.13. The van der Waals surface area contributed by atoms with Crippen LogP contribution >= 0.6 is 11.6 Å². The molecule has 1 aliphatic rings. The monoisotopic (exact) mass is 380 g/mol. The average Bonchev–Trinajstić information content (AvgIpc) is 2.71. The highest BCUT2D eigenvalue weighted by atomic mass is 35.5. The predicted molar refractivity (Wildman–Crippen MR) is 110 cm³/mol. The summed E-state index contributed by atoms with van der Waals surface area (Å²) in [5.74, 6) is 1.06. The van der Waals surface area contributed by atoms with Gasteiger partial charge in [0.1, 0.15) is 0 Å². The highest BCUT2D eigenvalue weighted by molar-refractivity contribution is 6.30. The molecule has 2 aromatic carbocycles. The molecule has 4 rings (SSSR count). The summed E-state index contributed by atoms with van der Waals surface area (Å²) in [6.45, 7) is 2.27. The molecule has 0 atom stereocenters. The molecular formula is C20H21ClN6. The van der Waals surface area contributed by atoms with E-state index < -0.39 is 0 Å². The molecule has 2 N–H and O–H groups in total. The van der Waals surface area contributed by atoms with Gasteiger partial charge in [-0.1, -0.05) is 11.6 Å². The number of nitrogens with zero attached hydrogens (tertiary/aromatic N) is 4. The van der Waals surface area contributed by atoms with E-state index in [1.807, 2.05) is 36.4 Å². The van der Waals surface area contributed by atoms with Crippen molar-refractivity contribution < 1.29 is 0 Å². The zero-order valence-corrected chi connectivity index (χ0v) is 15.7. The van der Waals surface area contributed by atoms with Crippen molar-refractivity contribution in [1.29, 1.82) is 0 Å². The van der Waals surface area contributed by atoms with Crippen LogP contribution in [-0.4, -0.2) is 28.3 Å². The second-order valence-corrected chi connectivity index (χ2v) is 6.95. The standard InChI is InChI=1S/C20H21ClN6/c21-15-4-6-16(7-5-15)23-19-14-22-26-20(25-19)24-17-8-10-18(11-9-17)27-12-2-1-3-13-27/h4-11,14H,1-3,12-13H2,(H2,23,24,25,26). The minimum Gasteiger partial charge on any atom is -0.372 e. The van der Waals surface area contributed by atoms with Gasteiger partial charge in [-0.05, 0) is 67.8 Å². The van der Waals surface area contributed by atoms with Crippen molar-refractivity contribution in [2.75, 3.05) is 28.6 Å². The van der Waals surface area contributed by atoms with Crippen LogP contribution in [-0.2, 0) is 0 Å². The van der Waals surface area contributed by atoms with Crippen molar-refractivity contribution in [3.05, 3.63) is 59.8 Å². The molecular weight excluding hydrogens is 360 g/mol. The molecule has 6 nitrogen and oxygen atoms in total. The molecule has 1 aromatic heterocycles. The molecule has 0 bridgehead atoms. The van der Waals surface area contributed by atoms with E-state index in [4.69, 9.17) is 11.6 Å². The molecule has 0 radical (unpaired) electrons. The van der Waals surface area contributed by atoms with Gasteiger partial charge in [0.2, 0.25) is 5.95 Å². The summed E-state index contributed by atoms with van der Waals surface area (Å²) in [5.41, 5.74) is 3.08. The predicted octanol–water partition coefficient (Wildman–Crippen LogP) is 5.00. The lowest BCUT2D eigenvalue weighted by Crippen LogP contribution is -2.29. The molecule has 0 amide bonds. The first kappa shape index (κ1) is 17.5. The molecule has 7 heteroatoms. The van der Waals surface area contributed by atoms with Crippen molar-refractivity contribution in [1.82, 2.24) is 15.2 Å². The van der Waals surface area contributed by atoms with Crippen molar-refractivity contribution in [3.8, 4) is 0 Å². The largest absolute Gasteiger partial charge is 0.372 e. The lowest BCUT2D eigenvalue weighted by atomic mass is 10.1. The SMILES string of the molecule is Clc1ccc(Nc2cnnc(Nc3ccc(N4CCCCC4)cc3)n2)cc1. The molecule has 0 unspecified atom stereocenters. The third kappa shape index (κ3) is 4.65. The van der Waals surface area contributed by atoms with Gasteiger partial charge in [0.15, 0.2) is 5.82 Å². The lowest BCUT2D eigenvalue weighted by molar-refractivity contribution is 0.578. The number of nitrogens with one attached hydrogen (secondary N) is 2. The summed E-state index contributed by atoms with van der Waals surface area (Å²) in [4.78, 5) is 6.89. The lowest BCUT2D eigenvalue weighted by Gasteiger charge is -2.28. The van der Waals surface area contributed by atoms with Crippen LogP contribution < -0.4 is 15.5 Å². The highest BCUT2D eigenvalue weighted by Crippen LogP contribution is 2.23. The van der Waals surface area contributed by atoms with E-state index in [0.717, 1.165) is 24.5 Å². The molecule has 1 aliphatic heterocycles. The Morgan fingerprint density at radius 3 is 2.22 bits per heavy atom. The van der Waals surface area contributed by atoms with Crippen LogP contribution in [0.15, 0.2) is 54.7 Å². The minimum absolute atomic E-state index is 0.444. The van der Waals surface area contributed by atoms with Crippen LogP contribution in [0.3, 0.4) is 0 Å². The van der Waals surface area contributed by atoms with Crippen molar-refractivity contribution >= 4 is 40.4 Å². The summed E-state index contributed by atoms with van der Waals surface area (Å²) >= 11 is 5.91. The van der Waals surface area contributed by atoms with Gasteiger partial charge in [0, 0.05) is 35.2 Å². The Bertz CT molecular complexity index is 876. The van der Waals surface area contributed by atoms with Crippen LogP contribution in [0.1, 0.15) is 19.3 Å². The maximum atomic E-state index is 5.91. The first-order valence-corrected chi connectivity index (χ1v) is 9.48. The molecule has 1 fully saturated rings. The van der Waals surface area contributed by atoms with E-state index in [1.165, 1.54) is 24.9 Å². The smallest absolute Gasteiger partial charge is 0.249 e. The van der Waals surface area contributed by atoms with Gasteiger partial charge in [-0.3, -0.25) is 0 Å². The topological polar surface area (TPSA) is 66.0 Å². The van der Waals surface area contributed by atoms with Gasteiger partial charge in [0.25, 0.3) is 0 Å². The zero-order chi connectivity index (χ0) is 18.5. The van der Waals surface area contributed by atoms with Gasteiger partial charge >= 0.3 is 0 Å². The summed E-state index contributed by atoms with van der Waals surface area (Å²) in [6, 6.07) is 15.8. The summed E-state index contributed by atoms with van der Waals surface area (Å²) in [7, 11) is 0. The van der Waals surface area contributed by atoms with E-state index in [9.17, 15) is 0 Å². The second-order valence-electron chi connectivity index (χ2n) is 6.52. The van der Waals surface area contributed by atoms with Crippen molar-refractivity contribution in [2.45, 2.75) is 19.3 Å². The van der Waals surface area contributed by atoms with Gasteiger partial charge in [-0.15, -0.1) is 5.10 Å². The number of piperidine rings is 1. The summed E-state index contributed by atoms with van der Waals surface area (Å²) in [5, 5.41) is 15.2. The Morgan fingerprint density at radius 2 is 1.48 bits per heavy atom. The van der Waals surface area contributed by atoms with E-state index >= 15 is 0 Å². The molecule has 2 heterocycles. The number of hydrogen-bond donors (Lipinski definition) is 2. The van der Waals surface area contributed by atoms with Crippen molar-refractivity contribution in [2.24, 2.45) is 0 Å². The number of anilines is 5. The van der Waals surface area contributed by atoms with E-state index in [2.05, 4.69) is 42.8 Å². The van der Waals surface area contributed by atoms with E-state index in [0.29, 0.717) is 16.8 Å². The van der Waals surface area contributed by atoms with Crippen LogP contribution in [0.2, 0.25) is 5.02 Å². The van der Waals surface area contributed by atoms with Crippen LogP contribution in [0.25, 0.3) is 0 Å². The molecule has 138 valence electrons. The zero-order valence-electron chi connectivity index (χ0n) is 14.9. The Morgan fingerprint density at radius 1 is 0.815 bits per heavy atom. The molecule has 0 aliphatic carbocycles. The number of halogens is 1. The van der Waals surface area contributed by atoms with Crippen molar-refractivity contribution in [3.63, 3.8) is 0 Å². The van der Waals surface area contributed by atoms with Crippen LogP contribution in [0.4, 0.5) is 28.8 Å². The normalized spacial score (nSPS) is 14.0. The van der Waals surface area contributed by atoms with Gasteiger partial charge < -0.3 is 15.5 Å². The fourth-order valence-corrected chi connectivity index (χ4v) is 3.26. The van der Waals surface area contributed by atoms with Gasteiger partial charge in [0.05, 0.1) is 6.20 Å². The second kappa shape index (κ2) is 8.22. The third-order valence-corrected chi connectivity index (χ3v) is 4.77. The number of hydrogen-bond acceptors (Lipinski definition) is 6. The fraction of sp³-hybridized carbons (Fsp3) is 0.250. The molecule has 3 aromatic rings. The van der Waals surface area contributed by atoms with E-state index in [-0.39, 0.29) is 0 Å². The van der Waals surface area contributed by atoms with Gasteiger partial charge in [-0.2, -0.15) is 10.1 Å². The molecule has 27 heavy (non-hydrogen) atoms. The summed E-state index contributed by atoms with van der Waals surface area (Å²) in [6.07, 6.45) is 5.46. The maximum absolute atomic E-state index is 5.91. The number of aromatic nitrogens is 3. The number of benzene rings is 2. The Balaban J connectivity index is 1.42. The number of rotatable bonds is 5. The minimum atomic E-state index is 0.444. The third-order valence-electron chi connectivity index (χ3n) is 4.52. The Labute approximate surface area is 163 Å². The van der Waals surface area contributed by atoms with E-state index in [1.54, 1.807) is 6.20 Å². The average molecular weight is 381 g/mol. The van der Waals surface area contributed by atoms with Gasteiger partial charge in [-0.25, -0.2) is 0 Å². The first-order valence-electron chi connectivity index (χ1n) is 9.11. The van der Waals surface area contributed by atoms with Crippen LogP contribution in [0, 0.1) is 0 Å².